The molecule has 0 bridgehead atoms. The van der Waals surface area contributed by atoms with E-state index in [0.29, 0.717) is 10.1 Å². The zero-order chi connectivity index (χ0) is 11.7. The van der Waals surface area contributed by atoms with Crippen LogP contribution in [-0.4, -0.2) is 5.78 Å². The third-order valence-corrected chi connectivity index (χ3v) is 58.4. The van der Waals surface area contributed by atoms with E-state index in [-0.39, 0.29) is 17.1 Å². The molecular weight excluding hydrogens is 332 g/mol. The van der Waals surface area contributed by atoms with E-state index in [0.717, 1.165) is 15.2 Å². The number of ketones is 1. The SMILES string of the molecule is O=C(c1ccccc1)[C]12[CH]3[CH]4[CH]5[CH]1[Fe]45321678[CH]2[CH]1[CH]6[CH]7[CH]28.[Fe]. The van der Waals surface area contributed by atoms with Gasteiger partial charge >= 0.3 is 101 Å². The molecule has 10 aliphatic heterocycles. The van der Waals surface area contributed by atoms with Gasteiger partial charge in [0.05, 0.1) is 0 Å². The van der Waals surface area contributed by atoms with E-state index in [4.69, 9.17) is 0 Å². The molecule has 0 saturated carbocycles. The molecule has 3 heteroatoms. The van der Waals surface area contributed by atoms with E-state index < -0.39 is 6.51 Å². The van der Waals surface area contributed by atoms with Crippen LogP contribution in [0.3, 0.4) is 0 Å². The molecular formula is C17H14Fe2O. The number of hydrogen-bond donors (Lipinski definition) is 0. The first-order chi connectivity index (χ1) is 9.06. The zero-order valence-corrected chi connectivity index (χ0v) is 12.9. The maximum atomic E-state index is 13.4. The summed E-state index contributed by atoms with van der Waals surface area (Å²) in [6, 6.07) is 10.4. The second-order valence-electron chi connectivity index (χ2n) is 11.4. The Balaban J connectivity index is 0.000000765. The Morgan fingerprint density at radius 2 is 1.35 bits per heavy atom. The number of rotatable bonds is 2. The van der Waals surface area contributed by atoms with Crippen molar-refractivity contribution in [1.82, 2.24) is 0 Å². The molecule has 1 spiro atoms. The topological polar surface area (TPSA) is 17.1 Å². The number of benzene rings is 1. The van der Waals surface area contributed by atoms with Crippen LogP contribution in [0, 0.1) is 0 Å². The number of fused-ring (bicyclic) bond motifs is 10. The molecule has 0 aromatic heterocycles. The van der Waals surface area contributed by atoms with Crippen molar-refractivity contribution in [2.24, 2.45) is 0 Å². The number of hydrogen-bond acceptors (Lipinski definition) is 1. The minimum Gasteiger partial charge on any atom is 0 e. The average Bonchev–Trinajstić information content (AvgIpc) is 3.39. The van der Waals surface area contributed by atoms with Crippen molar-refractivity contribution in [2.75, 3.05) is 0 Å². The first kappa shape index (κ1) is 8.53. The Hall–Kier alpha value is -0.0710. The van der Waals surface area contributed by atoms with Gasteiger partial charge in [0, 0.05) is 17.1 Å². The molecule has 0 N–H and O–H groups in total. The molecule has 10 fully saturated rings. The predicted molar refractivity (Wildman–Crippen MR) is 67.2 cm³/mol. The molecule has 10 aliphatic rings. The van der Waals surface area contributed by atoms with Crippen LogP contribution in [0.25, 0.3) is 0 Å². The van der Waals surface area contributed by atoms with Crippen LogP contribution in [0.15, 0.2) is 30.3 Å². The van der Waals surface area contributed by atoms with Crippen LogP contribution in [0.1, 0.15) is 10.4 Å². The normalized spacial score (nSPS) is 102. The van der Waals surface area contributed by atoms with Crippen molar-refractivity contribution in [3.8, 4) is 0 Å². The summed E-state index contributed by atoms with van der Waals surface area (Å²) in [6.45, 7) is -3.18. The van der Waals surface area contributed by atoms with Gasteiger partial charge in [-0.2, -0.15) is 0 Å². The van der Waals surface area contributed by atoms with Gasteiger partial charge in [0.1, 0.15) is 0 Å². The Morgan fingerprint density at radius 3 is 1.70 bits per heavy atom. The fourth-order valence-corrected chi connectivity index (χ4v) is 91.4. The van der Waals surface area contributed by atoms with Crippen LogP contribution in [0.4, 0.5) is 0 Å². The number of Topliss-reactive ketones (excluding diaryl/α,β-unsaturated/α-hetero) is 1. The smallest absolute Gasteiger partial charge is 0 e. The summed E-state index contributed by atoms with van der Waals surface area (Å²) < 4.78 is 0.417. The van der Waals surface area contributed by atoms with Crippen molar-refractivity contribution in [2.45, 2.75) is 47.7 Å². The molecule has 0 aliphatic carbocycles. The van der Waals surface area contributed by atoms with Crippen LogP contribution >= 0.6 is 0 Å². The van der Waals surface area contributed by atoms with E-state index in [1.165, 1.54) is 33.7 Å². The number of carbonyl (C=O) groups is 1. The average molecular weight is 346 g/mol. The second kappa shape index (κ2) is 0.769. The van der Waals surface area contributed by atoms with Gasteiger partial charge in [0.25, 0.3) is 0 Å². The van der Waals surface area contributed by atoms with Crippen molar-refractivity contribution in [3.63, 3.8) is 0 Å². The third-order valence-electron chi connectivity index (χ3n) is 16.1. The molecule has 1 aromatic rings. The molecule has 4 unspecified atom stereocenters. The standard InChI is InChI=1S/C12H9O.C5H5.2Fe/c13-12(11-8-4-5-9-11)10-6-2-1-3-7-10;1-2-4-5-3-1;;/h1-9H;1-5H;;. The molecule has 1 aromatic carbocycles. The predicted octanol–water partition coefficient (Wildman–Crippen LogP) is 4.63. The Morgan fingerprint density at radius 1 is 0.850 bits per heavy atom. The van der Waals surface area contributed by atoms with Gasteiger partial charge in [-0.1, -0.05) is 0 Å². The maximum Gasteiger partial charge on any atom is 0 e. The van der Waals surface area contributed by atoms with Gasteiger partial charge in [-0.05, 0) is 0 Å². The second-order valence-corrected chi connectivity index (χ2v) is 34.9. The van der Waals surface area contributed by atoms with E-state index in [9.17, 15) is 4.79 Å². The monoisotopic (exact) mass is 346 g/mol. The Bertz CT molecular complexity index is 1120. The molecule has 104 valence electrons. The first-order valence-corrected chi connectivity index (χ1v) is 14.2. The van der Waals surface area contributed by atoms with E-state index >= 15 is 0 Å². The molecule has 0 radical (unpaired) electrons. The van der Waals surface area contributed by atoms with Gasteiger partial charge in [-0.15, -0.1) is 0 Å². The largest absolute Gasteiger partial charge is 0 e. The van der Waals surface area contributed by atoms with Crippen LogP contribution in [0.5, 0.6) is 0 Å². The fraction of sp³-hybridized carbons (Fsp3) is 0.588. The number of carbonyl (C=O) groups excluding carboxylic acids is 1. The summed E-state index contributed by atoms with van der Waals surface area (Å²) in [5.74, 6) is 0.680. The van der Waals surface area contributed by atoms with Crippen molar-refractivity contribution in [3.05, 3.63) is 35.9 Å². The first-order valence-electron chi connectivity index (χ1n) is 7.87. The van der Waals surface area contributed by atoms with Gasteiger partial charge in [-0.3, -0.25) is 0 Å². The Labute approximate surface area is 117 Å². The van der Waals surface area contributed by atoms with Crippen LogP contribution in [-0.2, 0) is 23.6 Å². The molecule has 10 heterocycles. The van der Waals surface area contributed by atoms with E-state index in [1.54, 1.807) is 0 Å². The quantitative estimate of drug-likeness (QED) is 0.564. The summed E-state index contributed by atoms with van der Waals surface area (Å²) in [5, 5.41) is 0. The van der Waals surface area contributed by atoms with Crippen LogP contribution < -0.4 is 0 Å². The van der Waals surface area contributed by atoms with E-state index in [2.05, 4.69) is 30.3 Å². The zero-order valence-electron chi connectivity index (χ0n) is 10.7. The summed E-state index contributed by atoms with van der Waals surface area (Å²) >= 11 is 0. The summed E-state index contributed by atoms with van der Waals surface area (Å²) in [6.07, 6.45) is 0. The van der Waals surface area contributed by atoms with Gasteiger partial charge in [0.2, 0.25) is 0 Å². The van der Waals surface area contributed by atoms with Crippen molar-refractivity contribution >= 4 is 5.78 Å². The van der Waals surface area contributed by atoms with Gasteiger partial charge in [0.15, 0.2) is 0 Å². The van der Waals surface area contributed by atoms with E-state index in [1.807, 2.05) is 0 Å². The fourth-order valence-electron chi connectivity index (χ4n) is 17.6. The van der Waals surface area contributed by atoms with Gasteiger partial charge < -0.3 is 0 Å². The minimum absolute atomic E-state index is 0. The van der Waals surface area contributed by atoms with Crippen molar-refractivity contribution < 1.29 is 28.4 Å². The molecule has 10 saturated heterocycles. The molecule has 0 amide bonds. The Kier molecular flexibility index (Phi) is 0.328. The maximum absolute atomic E-state index is 13.4. The molecule has 1 nitrogen and oxygen atoms in total. The van der Waals surface area contributed by atoms with Crippen molar-refractivity contribution in [1.29, 1.82) is 0 Å². The molecule has 20 heavy (non-hydrogen) atoms. The minimum atomic E-state index is -3.18. The summed E-state index contributed by atoms with van der Waals surface area (Å²) in [4.78, 5) is 24.5. The molecule has 4 atom stereocenters. The van der Waals surface area contributed by atoms with Crippen LogP contribution in [0.2, 0.25) is 47.7 Å². The third kappa shape index (κ3) is 0.0964. The molecule has 11 rings (SSSR count). The van der Waals surface area contributed by atoms with Gasteiger partial charge in [-0.25, -0.2) is 0 Å². The summed E-state index contributed by atoms with van der Waals surface area (Å²) in [7, 11) is 0. The summed E-state index contributed by atoms with van der Waals surface area (Å²) in [5.41, 5.74) is 1.08.